The first-order valence-electron chi connectivity index (χ1n) is 21.3. The van der Waals surface area contributed by atoms with Gasteiger partial charge in [-0.3, -0.25) is 0 Å². The Morgan fingerprint density at radius 1 is 0.394 bits per heavy atom. The first kappa shape index (κ1) is 50.2. The summed E-state index contributed by atoms with van der Waals surface area (Å²) in [6.45, 7) is 6.29. The quantitative estimate of drug-likeness (QED) is 0.149. The van der Waals surface area contributed by atoms with Gasteiger partial charge in [0.05, 0.1) is 0 Å². The average Bonchev–Trinajstić information content (AvgIpc) is 3.38. The molecule has 330 valence electrons. The SMILES string of the molecule is CCc1cc(-c2[c-]cccc2)ncc1-c1ccccc1.Cc1cc(-c2[c-]cccc2)ncc1-c1ccccc1.Cc1cccc(-c2[c-]cccc2)n1.[Ir].[Ir].[c-]1ccccc1-c1ccccn1. The summed E-state index contributed by atoms with van der Waals surface area (Å²) in [7, 11) is 0. The molecule has 0 atom stereocenters. The summed E-state index contributed by atoms with van der Waals surface area (Å²) in [5, 5.41) is 0. The van der Waals surface area contributed by atoms with Crippen molar-refractivity contribution in [2.75, 3.05) is 0 Å². The molecule has 0 N–H and O–H groups in total. The standard InChI is InChI=1S/C19H16N.C18H14N.C12H10N.C11H8N.2Ir/c1-2-15-13-19(17-11-7-4-8-12-17)20-14-18(15)16-9-5-3-6-10-16;1-14-12-18(16-10-6-3-7-11-16)19-13-17(14)15-8-4-2-5-9-15;1-10-6-5-9-12(13-10)11-7-3-2-4-8-11;1-2-6-10(7-3-1)11-8-4-5-9-12-11;;/h3-11,13-14H,2H2,1H3;2-10,12-13H,1H3;2-7,9H,1H3;1-6,8-9H;;/q4*-1;;. The van der Waals surface area contributed by atoms with E-state index in [1.54, 1.807) is 6.20 Å². The number of nitrogens with zero attached hydrogens (tertiary/aromatic N) is 4. The first-order chi connectivity index (χ1) is 31.6. The Balaban J connectivity index is 0.000000167. The van der Waals surface area contributed by atoms with Crippen LogP contribution in [0.15, 0.2) is 225 Å². The van der Waals surface area contributed by atoms with E-state index >= 15 is 0 Å². The summed E-state index contributed by atoms with van der Waals surface area (Å²) in [5.41, 5.74) is 16.5. The second-order valence-electron chi connectivity index (χ2n) is 14.7. The third-order valence-corrected chi connectivity index (χ3v) is 10.1. The van der Waals surface area contributed by atoms with Crippen molar-refractivity contribution in [3.63, 3.8) is 0 Å². The van der Waals surface area contributed by atoms with Crippen LogP contribution >= 0.6 is 0 Å². The van der Waals surface area contributed by atoms with Crippen LogP contribution in [0.25, 0.3) is 67.3 Å². The molecule has 0 saturated carbocycles. The van der Waals surface area contributed by atoms with E-state index in [0.717, 1.165) is 57.1 Å². The molecule has 0 fully saturated rings. The Kier molecular flexibility index (Phi) is 20.4. The minimum absolute atomic E-state index is 0. The van der Waals surface area contributed by atoms with E-state index in [4.69, 9.17) is 0 Å². The summed E-state index contributed by atoms with van der Waals surface area (Å²) >= 11 is 0. The zero-order chi connectivity index (χ0) is 44.2. The number of aryl methyl sites for hydroxylation is 3. The summed E-state index contributed by atoms with van der Waals surface area (Å²) in [5.74, 6) is 0. The van der Waals surface area contributed by atoms with Gasteiger partial charge in [-0.05, 0) is 77.4 Å². The van der Waals surface area contributed by atoms with Crippen LogP contribution in [0.1, 0.15) is 23.7 Å². The first-order valence-corrected chi connectivity index (χ1v) is 21.3. The maximum absolute atomic E-state index is 4.60. The number of aromatic nitrogens is 4. The molecule has 0 aliphatic rings. The largest absolute Gasteiger partial charge is 0.305 e. The van der Waals surface area contributed by atoms with Gasteiger partial charge >= 0.3 is 0 Å². The molecule has 6 aromatic carbocycles. The molecule has 10 aromatic rings. The van der Waals surface area contributed by atoms with Gasteiger partial charge in [-0.25, -0.2) is 0 Å². The predicted molar refractivity (Wildman–Crippen MR) is 264 cm³/mol. The number of rotatable bonds is 7. The maximum Gasteiger partial charge on any atom is 0.0266 e. The molecule has 0 amide bonds. The predicted octanol–water partition coefficient (Wildman–Crippen LogP) is 14.7. The van der Waals surface area contributed by atoms with Crippen LogP contribution in [0.3, 0.4) is 0 Å². The van der Waals surface area contributed by atoms with Crippen molar-refractivity contribution in [1.82, 2.24) is 19.9 Å². The Morgan fingerprint density at radius 3 is 1.29 bits per heavy atom. The molecule has 10 rings (SSSR count). The van der Waals surface area contributed by atoms with Crippen molar-refractivity contribution in [1.29, 1.82) is 0 Å². The topological polar surface area (TPSA) is 51.6 Å². The van der Waals surface area contributed by atoms with Gasteiger partial charge in [0, 0.05) is 75.6 Å². The normalized spacial score (nSPS) is 9.86. The minimum Gasteiger partial charge on any atom is -0.305 e. The van der Waals surface area contributed by atoms with E-state index in [1.165, 1.54) is 33.4 Å². The summed E-state index contributed by atoms with van der Waals surface area (Å²) < 4.78 is 0. The van der Waals surface area contributed by atoms with Gasteiger partial charge in [-0.2, -0.15) is 0 Å². The maximum atomic E-state index is 4.60. The van der Waals surface area contributed by atoms with Crippen molar-refractivity contribution < 1.29 is 40.2 Å². The van der Waals surface area contributed by atoms with Gasteiger partial charge in [0.2, 0.25) is 0 Å². The summed E-state index contributed by atoms with van der Waals surface area (Å²) in [6.07, 6.45) is 6.70. The van der Waals surface area contributed by atoms with Crippen LogP contribution < -0.4 is 0 Å². The molecule has 4 heterocycles. The van der Waals surface area contributed by atoms with Crippen LogP contribution in [0.4, 0.5) is 0 Å². The fourth-order valence-corrected chi connectivity index (χ4v) is 6.86. The number of hydrogen-bond acceptors (Lipinski definition) is 4. The van der Waals surface area contributed by atoms with E-state index < -0.39 is 0 Å². The van der Waals surface area contributed by atoms with Gasteiger partial charge < -0.3 is 19.9 Å². The fourth-order valence-electron chi connectivity index (χ4n) is 6.86. The average molecular weight is 1210 g/mol. The van der Waals surface area contributed by atoms with Gasteiger partial charge in [-0.1, -0.05) is 104 Å². The fraction of sp³-hybridized carbons (Fsp3) is 0.0667. The van der Waals surface area contributed by atoms with Crippen molar-refractivity contribution in [3.05, 3.63) is 266 Å². The van der Waals surface area contributed by atoms with Crippen LogP contribution in [0.2, 0.25) is 0 Å². The molecule has 0 unspecified atom stereocenters. The second kappa shape index (κ2) is 26.9. The number of pyridine rings is 4. The Bertz CT molecular complexity index is 2870. The van der Waals surface area contributed by atoms with Gasteiger partial charge in [0.1, 0.15) is 0 Å². The molecular formula is C60H48Ir2N4-4. The molecule has 2 radical (unpaired) electrons. The molecule has 0 aliphatic heterocycles. The molecule has 66 heavy (non-hydrogen) atoms. The van der Waals surface area contributed by atoms with E-state index in [0.29, 0.717) is 0 Å². The van der Waals surface area contributed by atoms with Gasteiger partial charge in [-0.15, -0.1) is 144 Å². The van der Waals surface area contributed by atoms with Crippen LogP contribution in [0, 0.1) is 38.1 Å². The zero-order valence-electron chi connectivity index (χ0n) is 37.0. The summed E-state index contributed by atoms with van der Waals surface area (Å²) in [6, 6.07) is 81.2. The monoisotopic (exact) mass is 1210 g/mol. The van der Waals surface area contributed by atoms with Crippen molar-refractivity contribution in [2.45, 2.75) is 27.2 Å². The van der Waals surface area contributed by atoms with E-state index in [1.807, 2.05) is 177 Å². The van der Waals surface area contributed by atoms with E-state index in [2.05, 4.69) is 107 Å². The van der Waals surface area contributed by atoms with Crippen LogP contribution in [0.5, 0.6) is 0 Å². The Morgan fingerprint density at radius 2 is 0.833 bits per heavy atom. The van der Waals surface area contributed by atoms with Crippen molar-refractivity contribution in [2.24, 2.45) is 0 Å². The molecule has 0 bridgehead atoms. The van der Waals surface area contributed by atoms with E-state index in [9.17, 15) is 0 Å². The molecule has 6 heteroatoms. The van der Waals surface area contributed by atoms with Gasteiger partial charge in [0.25, 0.3) is 0 Å². The molecule has 4 nitrogen and oxygen atoms in total. The molecule has 4 aromatic heterocycles. The number of benzene rings is 6. The molecule has 0 saturated heterocycles. The zero-order valence-corrected chi connectivity index (χ0v) is 41.8. The molecule has 0 spiro atoms. The third kappa shape index (κ3) is 14.6. The smallest absolute Gasteiger partial charge is 0.0266 e. The van der Waals surface area contributed by atoms with Crippen LogP contribution in [-0.2, 0) is 46.6 Å². The summed E-state index contributed by atoms with van der Waals surface area (Å²) in [4.78, 5) is 17.8. The van der Waals surface area contributed by atoms with E-state index in [-0.39, 0.29) is 40.2 Å². The van der Waals surface area contributed by atoms with Crippen LogP contribution in [-0.4, -0.2) is 19.9 Å². The minimum atomic E-state index is 0. The molecular weight excluding hydrogens is 1160 g/mol. The van der Waals surface area contributed by atoms with Gasteiger partial charge in [0.15, 0.2) is 0 Å². The Labute approximate surface area is 417 Å². The van der Waals surface area contributed by atoms with Crippen molar-refractivity contribution >= 4 is 0 Å². The molecule has 0 aliphatic carbocycles. The Hall–Kier alpha value is -6.78. The van der Waals surface area contributed by atoms with Crippen molar-refractivity contribution in [3.8, 4) is 67.3 Å². The third-order valence-electron chi connectivity index (χ3n) is 10.1. The second-order valence-corrected chi connectivity index (χ2v) is 14.7. The number of hydrogen-bond donors (Lipinski definition) is 0.